The average Bonchev–Trinajstić information content (AvgIpc) is 3.13. The van der Waals surface area contributed by atoms with Crippen LogP contribution in [0.15, 0.2) is 29.6 Å². The smallest absolute Gasteiger partial charge is 0.171 e. The second-order valence-electron chi connectivity index (χ2n) is 7.97. The van der Waals surface area contributed by atoms with E-state index in [9.17, 15) is 5.11 Å². The number of piperazine rings is 1. The van der Waals surface area contributed by atoms with E-state index in [0.717, 1.165) is 45.5 Å². The van der Waals surface area contributed by atoms with Gasteiger partial charge in [0.1, 0.15) is 0 Å². The molecule has 1 saturated carbocycles. The highest BCUT2D eigenvalue weighted by molar-refractivity contribution is 7.17. The van der Waals surface area contributed by atoms with Crippen molar-refractivity contribution in [1.82, 2.24) is 4.90 Å². The number of rotatable bonds is 4. The second-order valence-corrected chi connectivity index (χ2v) is 8.92. The van der Waals surface area contributed by atoms with Crippen molar-refractivity contribution < 1.29 is 5.11 Å². The summed E-state index contributed by atoms with van der Waals surface area (Å²) in [5, 5.41) is 14.5. The van der Waals surface area contributed by atoms with E-state index in [-0.39, 0.29) is 0 Å². The number of fused-ring (bicyclic) bond motifs is 1. The van der Waals surface area contributed by atoms with Crippen LogP contribution in [0.25, 0.3) is 10.1 Å². The SMILES string of the molecule is OC1([B]CN2CCN(c3cccc4sccc34)CC2)CCCCCCC1. The Balaban J connectivity index is 1.30. The van der Waals surface area contributed by atoms with E-state index in [1.165, 1.54) is 47.9 Å². The van der Waals surface area contributed by atoms with Crippen LogP contribution in [-0.2, 0) is 0 Å². The maximum Gasteiger partial charge on any atom is 0.171 e. The van der Waals surface area contributed by atoms with Gasteiger partial charge in [0.25, 0.3) is 0 Å². The van der Waals surface area contributed by atoms with E-state index in [2.05, 4.69) is 46.7 Å². The first-order valence-corrected chi connectivity index (χ1v) is 11.1. The molecule has 1 radical (unpaired) electrons. The summed E-state index contributed by atoms with van der Waals surface area (Å²) in [4.78, 5) is 5.02. The van der Waals surface area contributed by atoms with Crippen LogP contribution in [0, 0.1) is 0 Å². The molecule has 26 heavy (non-hydrogen) atoms. The molecule has 2 aliphatic rings. The van der Waals surface area contributed by atoms with Gasteiger partial charge in [-0.3, -0.25) is 0 Å². The lowest BCUT2D eigenvalue weighted by Crippen LogP contribution is -2.51. The van der Waals surface area contributed by atoms with Crippen molar-refractivity contribution in [1.29, 1.82) is 0 Å². The summed E-state index contributed by atoms with van der Waals surface area (Å²) in [6.07, 6.45) is 9.07. The molecule has 1 aromatic carbocycles. The quantitative estimate of drug-likeness (QED) is 0.822. The van der Waals surface area contributed by atoms with Crippen LogP contribution in [0.1, 0.15) is 44.9 Å². The number of nitrogens with zero attached hydrogens (tertiary/aromatic N) is 2. The molecular formula is C21H30BN2OS. The summed E-state index contributed by atoms with van der Waals surface area (Å²) >= 11 is 1.82. The van der Waals surface area contributed by atoms with Crippen LogP contribution >= 0.6 is 11.3 Å². The molecule has 0 spiro atoms. The first-order valence-electron chi connectivity index (χ1n) is 10.2. The number of aliphatic hydroxyl groups is 1. The van der Waals surface area contributed by atoms with Gasteiger partial charge in [-0.1, -0.05) is 38.2 Å². The van der Waals surface area contributed by atoms with Crippen LogP contribution in [0.2, 0.25) is 0 Å². The highest BCUT2D eigenvalue weighted by Crippen LogP contribution is 2.31. The van der Waals surface area contributed by atoms with Crippen molar-refractivity contribution in [2.24, 2.45) is 0 Å². The number of anilines is 1. The van der Waals surface area contributed by atoms with Gasteiger partial charge < -0.3 is 14.9 Å². The highest BCUT2D eigenvalue weighted by Gasteiger charge is 2.29. The molecule has 5 heteroatoms. The van der Waals surface area contributed by atoms with Crippen molar-refractivity contribution in [3.63, 3.8) is 0 Å². The molecule has 1 saturated heterocycles. The number of benzene rings is 1. The van der Waals surface area contributed by atoms with Gasteiger partial charge in [-0.2, -0.15) is 0 Å². The fourth-order valence-corrected chi connectivity index (χ4v) is 5.25. The van der Waals surface area contributed by atoms with Crippen molar-refractivity contribution in [3.8, 4) is 0 Å². The van der Waals surface area contributed by atoms with E-state index in [0.29, 0.717) is 0 Å². The van der Waals surface area contributed by atoms with Gasteiger partial charge in [0.05, 0.1) is 0 Å². The molecular weight excluding hydrogens is 339 g/mol. The van der Waals surface area contributed by atoms with Gasteiger partial charge in [-0.25, -0.2) is 0 Å². The zero-order valence-corrected chi connectivity index (χ0v) is 16.5. The summed E-state index contributed by atoms with van der Waals surface area (Å²) in [5.41, 5.74) is 0.853. The Labute approximate surface area is 162 Å². The Morgan fingerprint density at radius 3 is 2.46 bits per heavy atom. The lowest BCUT2D eigenvalue weighted by atomic mass is 9.56. The standard InChI is InChI=1S/C21H30BN2OS/c25-21(10-4-2-1-3-5-11-21)22-17-23-12-14-24(15-13-23)19-7-6-8-20-18(19)9-16-26-20/h6-9,16,25H,1-5,10-15,17H2. The summed E-state index contributed by atoms with van der Waals surface area (Å²) in [6, 6.07) is 8.90. The largest absolute Gasteiger partial charge is 0.399 e. The van der Waals surface area contributed by atoms with Gasteiger partial charge in [-0.05, 0) is 42.9 Å². The fourth-order valence-electron chi connectivity index (χ4n) is 4.45. The third-order valence-corrected chi connectivity index (χ3v) is 7.02. The minimum atomic E-state index is -0.528. The second kappa shape index (κ2) is 8.32. The first-order chi connectivity index (χ1) is 12.7. The summed E-state index contributed by atoms with van der Waals surface area (Å²) in [5.74, 6) is 0. The van der Waals surface area contributed by atoms with Crippen LogP contribution < -0.4 is 4.90 Å². The molecule has 0 atom stereocenters. The zero-order valence-electron chi connectivity index (χ0n) is 15.7. The molecule has 0 amide bonds. The Hall–Kier alpha value is -1.04. The third-order valence-electron chi connectivity index (χ3n) is 6.13. The molecule has 1 N–H and O–H groups in total. The minimum absolute atomic E-state index is 0.528. The molecule has 0 unspecified atom stereocenters. The van der Waals surface area contributed by atoms with Crippen LogP contribution in [0.3, 0.4) is 0 Å². The number of hydrogen-bond acceptors (Lipinski definition) is 4. The zero-order chi connectivity index (χ0) is 17.8. The van der Waals surface area contributed by atoms with Gasteiger partial charge >= 0.3 is 0 Å². The fraction of sp³-hybridized carbons (Fsp3) is 0.619. The molecule has 1 aromatic heterocycles. The van der Waals surface area contributed by atoms with Gasteiger partial charge in [0.2, 0.25) is 0 Å². The molecule has 2 aromatic rings. The summed E-state index contributed by atoms with van der Waals surface area (Å²) in [6.45, 7) is 4.29. The summed E-state index contributed by atoms with van der Waals surface area (Å²) < 4.78 is 1.38. The molecule has 2 heterocycles. The lowest BCUT2D eigenvalue weighted by Gasteiger charge is -2.38. The van der Waals surface area contributed by atoms with Crippen LogP contribution in [0.5, 0.6) is 0 Å². The molecule has 2 fully saturated rings. The van der Waals surface area contributed by atoms with E-state index >= 15 is 0 Å². The first kappa shape index (κ1) is 18.3. The Kier molecular flexibility index (Phi) is 5.87. The molecule has 1 aliphatic heterocycles. The normalized spacial score (nSPS) is 22.1. The maximum atomic E-state index is 10.9. The lowest BCUT2D eigenvalue weighted by molar-refractivity contribution is 0.0902. The van der Waals surface area contributed by atoms with Crippen LogP contribution in [0.4, 0.5) is 5.69 Å². The highest BCUT2D eigenvalue weighted by atomic mass is 32.1. The van der Waals surface area contributed by atoms with E-state index < -0.39 is 5.50 Å². The maximum absolute atomic E-state index is 10.9. The molecule has 4 rings (SSSR count). The van der Waals surface area contributed by atoms with Crippen molar-refractivity contribution >= 4 is 34.4 Å². The molecule has 1 aliphatic carbocycles. The minimum Gasteiger partial charge on any atom is -0.399 e. The van der Waals surface area contributed by atoms with Crippen molar-refractivity contribution in [2.45, 2.75) is 50.4 Å². The van der Waals surface area contributed by atoms with E-state index in [4.69, 9.17) is 0 Å². The van der Waals surface area contributed by atoms with Gasteiger partial charge in [0.15, 0.2) is 7.28 Å². The molecule has 0 bridgehead atoms. The van der Waals surface area contributed by atoms with E-state index in [1.807, 2.05) is 11.3 Å². The molecule has 139 valence electrons. The number of hydrogen-bond donors (Lipinski definition) is 1. The third kappa shape index (κ3) is 4.27. The molecule has 3 nitrogen and oxygen atoms in total. The summed E-state index contributed by atoms with van der Waals surface area (Å²) in [7, 11) is 2.22. The topological polar surface area (TPSA) is 26.7 Å². The number of thiophene rings is 1. The van der Waals surface area contributed by atoms with E-state index in [1.54, 1.807) is 0 Å². The predicted octanol–water partition coefficient (Wildman–Crippen LogP) is 4.12. The Morgan fingerprint density at radius 2 is 1.69 bits per heavy atom. The average molecular weight is 369 g/mol. The van der Waals surface area contributed by atoms with Crippen LogP contribution in [-0.4, -0.2) is 55.4 Å². The van der Waals surface area contributed by atoms with Gasteiger partial charge in [0, 0.05) is 47.5 Å². The van der Waals surface area contributed by atoms with Gasteiger partial charge in [-0.15, -0.1) is 11.3 Å². The monoisotopic (exact) mass is 369 g/mol. The Morgan fingerprint density at radius 1 is 0.962 bits per heavy atom. The predicted molar refractivity (Wildman–Crippen MR) is 114 cm³/mol. The Bertz CT molecular complexity index is 703. The van der Waals surface area contributed by atoms with Crippen molar-refractivity contribution in [2.75, 3.05) is 37.5 Å². The van der Waals surface area contributed by atoms with Crippen molar-refractivity contribution in [3.05, 3.63) is 29.6 Å².